The molecule has 22 nitrogen and oxygen atoms in total. The van der Waals surface area contributed by atoms with Crippen molar-refractivity contribution in [1.29, 1.82) is 0 Å². The Morgan fingerprint density at radius 1 is 0.478 bits per heavy atom. The number of rotatable bonds is 19. The van der Waals surface area contributed by atoms with E-state index >= 15 is 0 Å². The lowest BCUT2D eigenvalue weighted by atomic mass is 9.97. The molecule has 6 aromatic heterocycles. The predicted octanol–water partition coefficient (Wildman–Crippen LogP) is 19.7. The van der Waals surface area contributed by atoms with Gasteiger partial charge < -0.3 is 48.3 Å². The molecule has 596 valence electrons. The first kappa shape index (κ1) is 84.6. The molecule has 3 aliphatic heterocycles. The van der Waals surface area contributed by atoms with Crippen molar-refractivity contribution in [3.05, 3.63) is 279 Å². The van der Waals surface area contributed by atoms with E-state index in [1.165, 1.54) is 27.4 Å². The summed E-state index contributed by atoms with van der Waals surface area (Å²) < 4.78 is 87.5. The highest BCUT2D eigenvalue weighted by Crippen LogP contribution is 2.40. The van der Waals surface area contributed by atoms with Gasteiger partial charge in [0.15, 0.2) is 34.5 Å². The molecule has 3 atom stereocenters. The van der Waals surface area contributed by atoms with E-state index < -0.39 is 22.7 Å². The summed E-state index contributed by atoms with van der Waals surface area (Å²) in [6.45, 7) is 11.4. The summed E-state index contributed by atoms with van der Waals surface area (Å²) in [5, 5.41) is 2.96. The number of hydrogen-bond acceptors (Lipinski definition) is 17. The van der Waals surface area contributed by atoms with Crippen LogP contribution in [0.2, 0.25) is 0 Å². The van der Waals surface area contributed by atoms with Crippen LogP contribution in [-0.4, -0.2) is 131 Å². The highest BCUT2D eigenvalue weighted by Gasteiger charge is 2.32. The van der Waals surface area contributed by atoms with Gasteiger partial charge in [0.25, 0.3) is 0 Å². The van der Waals surface area contributed by atoms with Gasteiger partial charge in [0.1, 0.15) is 41.3 Å². The Labute approximate surface area is 671 Å². The molecule has 0 radical (unpaired) electrons. The van der Waals surface area contributed by atoms with Gasteiger partial charge in [-0.2, -0.15) is 13.2 Å². The number of aromatic nitrogens is 9. The van der Waals surface area contributed by atoms with Crippen LogP contribution in [0.4, 0.5) is 18.0 Å². The molecule has 0 unspecified atom stereocenters. The van der Waals surface area contributed by atoms with E-state index in [9.17, 15) is 27.6 Å². The average molecular weight is 1580 g/mol. The van der Waals surface area contributed by atoms with Gasteiger partial charge in [-0.15, -0.1) is 0 Å². The number of fused-ring (bicyclic) bond motifs is 3. The van der Waals surface area contributed by atoms with E-state index in [2.05, 4.69) is 37.8 Å². The zero-order valence-electron chi connectivity index (χ0n) is 61.7. The molecule has 9 heterocycles. The summed E-state index contributed by atoms with van der Waals surface area (Å²) in [5.41, 5.74) is 8.82. The molecule has 2 amide bonds. The molecule has 0 bridgehead atoms. The number of hydrogen-bond donors (Lipinski definition) is 1. The maximum absolute atomic E-state index is 14.6. The van der Waals surface area contributed by atoms with Crippen LogP contribution in [0.3, 0.4) is 0 Å². The topological polar surface area (TPSA) is 225 Å². The van der Waals surface area contributed by atoms with Crippen molar-refractivity contribution in [3.63, 3.8) is 0 Å². The van der Waals surface area contributed by atoms with Crippen molar-refractivity contribution in [2.45, 2.75) is 85.2 Å². The molecule has 0 aliphatic carbocycles. The Morgan fingerprint density at radius 2 is 0.843 bits per heavy atom. The normalized spacial score (nSPS) is 14.9. The number of piperidine rings is 3. The molecular formula is C89H92ClF3N12O10. The fourth-order valence-electron chi connectivity index (χ4n) is 13.7. The number of halogens is 4. The summed E-state index contributed by atoms with van der Waals surface area (Å²) in [6, 6.07) is 46.2. The van der Waals surface area contributed by atoms with E-state index in [0.29, 0.717) is 42.8 Å². The summed E-state index contributed by atoms with van der Waals surface area (Å²) in [7, 11) is 4.26. The van der Waals surface area contributed by atoms with Gasteiger partial charge in [0, 0.05) is 104 Å². The Morgan fingerprint density at radius 3 is 1.21 bits per heavy atom. The Kier molecular flexibility index (Phi) is 29.4. The summed E-state index contributed by atoms with van der Waals surface area (Å²) in [5.74, 6) is 3.86. The van der Waals surface area contributed by atoms with Gasteiger partial charge in [0.05, 0.1) is 73.6 Å². The highest BCUT2D eigenvalue weighted by molar-refractivity contribution is 6.66. The van der Waals surface area contributed by atoms with Crippen LogP contribution in [0.15, 0.2) is 239 Å². The zero-order chi connectivity index (χ0) is 78.0. The van der Waals surface area contributed by atoms with Gasteiger partial charge in [-0.25, -0.2) is 19.7 Å². The van der Waals surface area contributed by atoms with Crippen LogP contribution >= 0.6 is 11.6 Å². The van der Waals surface area contributed by atoms with Crippen molar-refractivity contribution in [1.82, 2.24) is 58.2 Å². The number of imidazole rings is 3. The first-order valence-electron chi connectivity index (χ1n) is 36.4. The lowest BCUT2D eigenvalue weighted by Gasteiger charge is -2.31. The van der Waals surface area contributed by atoms with E-state index in [0.717, 1.165) is 138 Å². The average Bonchev–Trinajstić information content (AvgIpc) is 1.63. The predicted molar refractivity (Wildman–Crippen MR) is 439 cm³/mol. The Balaban J connectivity index is 0.000000176. The van der Waals surface area contributed by atoms with Crippen LogP contribution in [0.1, 0.15) is 102 Å². The monoisotopic (exact) mass is 1580 g/mol. The fourth-order valence-corrected chi connectivity index (χ4v) is 13.7. The van der Waals surface area contributed by atoms with Crippen LogP contribution in [-0.2, 0) is 20.9 Å². The number of benzene rings is 7. The lowest BCUT2D eigenvalue weighted by molar-refractivity contribution is -0.127. The van der Waals surface area contributed by atoms with Crippen LogP contribution in [0.25, 0.3) is 50.3 Å². The number of nitrogens with one attached hydrogen (secondary N) is 1. The van der Waals surface area contributed by atoms with E-state index in [1.807, 2.05) is 117 Å². The van der Waals surface area contributed by atoms with Gasteiger partial charge in [0.2, 0.25) is 28.6 Å². The van der Waals surface area contributed by atoms with Gasteiger partial charge in [-0.3, -0.25) is 37.7 Å². The third kappa shape index (κ3) is 20.0. The number of carbonyl (C=O) groups is 3. The van der Waals surface area contributed by atoms with Crippen molar-refractivity contribution >= 4 is 45.4 Å². The Bertz CT molecular complexity index is 5450. The SMILES string of the molecule is C.C.C.C=CC(=O)Cl.C=CC(=O)N1CCC[C@@H](c2nc(-c3ccc(Oc4cccc(OC)c4F)cc3)c3cnccn23)C1.COc1cccc(Oc2ccc(-c3nc([C@@H]4CCCN(C(=O)OCc5ccccc5)C4)n4ccncc34)cc2)c1F.COc1cccc(Oc2ccc(-c3nc([C@@H]4CCCNC4)n4ccncc34)cc2)c1F. The van der Waals surface area contributed by atoms with Crippen molar-refractivity contribution in [2.24, 2.45) is 0 Å². The highest BCUT2D eigenvalue weighted by atomic mass is 35.5. The van der Waals surface area contributed by atoms with E-state index in [1.54, 1.807) is 115 Å². The largest absolute Gasteiger partial charge is 0.494 e. The van der Waals surface area contributed by atoms with E-state index in [4.69, 9.17) is 59.7 Å². The third-order valence-electron chi connectivity index (χ3n) is 19.3. The minimum absolute atomic E-state index is 0. The summed E-state index contributed by atoms with van der Waals surface area (Å²) in [4.78, 5) is 66.1. The number of ether oxygens (including phenoxy) is 7. The number of nitrogens with zero attached hydrogens (tertiary/aromatic N) is 11. The quantitative estimate of drug-likeness (QED) is 0.0587. The standard InChI is InChI=1S/C32H29FN4O4.C27H25FN4O3.C24H23FN4O2.C3H3ClO.3CH4/c1-39-27-10-5-11-28(29(27)33)41-25-14-12-23(13-15-25)30-26-19-34-16-18-37(26)31(35-30)24-9-6-17-36(20-24)32(38)40-21-22-7-3-2-4-8-22;1-3-24(33)31-14-5-6-19(17-31)27-30-26(21-16-29-13-15-32(21)27)18-9-11-20(12-10-18)35-23-8-4-7-22(34-2)25(23)28;1-30-20-5-2-6-21(22(20)25)31-18-9-7-16(8-10-18)23-19-15-27-12-13-29(19)24(28-23)17-4-3-11-26-14-17;1-2-3(4)5;;;/h2-5,7-8,10-16,18-19,24H,6,9,17,20-21H2,1H3;3-4,7-13,15-16,19H,1,5-6,14,17H2,2H3;2,5-10,12-13,15,17,26H,3-4,11,14H2,1H3;2H,1H2;3*1H4/t24-;19-;17-;;;;/m111..../s1. The zero-order valence-corrected chi connectivity index (χ0v) is 62.5. The number of carbonyl (C=O) groups excluding carboxylic acids is 3. The maximum Gasteiger partial charge on any atom is 0.410 e. The summed E-state index contributed by atoms with van der Waals surface area (Å²) >= 11 is 4.71. The lowest BCUT2D eigenvalue weighted by Crippen LogP contribution is -2.39. The third-order valence-corrected chi connectivity index (χ3v) is 19.4. The van der Waals surface area contributed by atoms with Gasteiger partial charge >= 0.3 is 6.09 Å². The number of amides is 2. The molecular weight excluding hydrogens is 1490 g/mol. The molecule has 16 rings (SSSR count). The molecule has 3 aliphatic rings. The number of allylic oxidation sites excluding steroid dienone is 1. The molecule has 115 heavy (non-hydrogen) atoms. The van der Waals surface area contributed by atoms with Crippen LogP contribution in [0, 0.1) is 17.5 Å². The van der Waals surface area contributed by atoms with Crippen LogP contribution in [0.5, 0.6) is 51.7 Å². The van der Waals surface area contributed by atoms with Crippen LogP contribution < -0.4 is 33.7 Å². The fraction of sp³-hybridized carbons (Fsp3) is 0.247. The maximum atomic E-state index is 14.6. The minimum Gasteiger partial charge on any atom is -0.494 e. The molecule has 0 spiro atoms. The summed E-state index contributed by atoms with van der Waals surface area (Å²) in [6.07, 6.45) is 24.4. The van der Waals surface area contributed by atoms with Gasteiger partial charge in [-0.1, -0.05) is 84.0 Å². The minimum atomic E-state index is -0.555. The van der Waals surface area contributed by atoms with Crippen molar-refractivity contribution in [2.75, 3.05) is 60.6 Å². The second-order valence-electron chi connectivity index (χ2n) is 26.4. The number of likely N-dealkylation sites (tertiary alicyclic amines) is 2. The molecule has 7 aromatic carbocycles. The van der Waals surface area contributed by atoms with E-state index in [-0.39, 0.29) is 87.2 Å². The first-order chi connectivity index (χ1) is 54.7. The second kappa shape index (κ2) is 40.0. The van der Waals surface area contributed by atoms with Crippen molar-refractivity contribution < 1.29 is 60.7 Å². The molecule has 0 saturated carbocycles. The molecule has 13 aromatic rings. The number of methoxy groups -OCH3 is 3. The first-order valence-corrected chi connectivity index (χ1v) is 36.8. The molecule has 26 heteroatoms. The Hall–Kier alpha value is -12.9. The van der Waals surface area contributed by atoms with Crippen molar-refractivity contribution in [3.8, 4) is 85.5 Å². The second-order valence-corrected chi connectivity index (χ2v) is 26.7. The molecule has 3 saturated heterocycles. The molecule has 3 fully saturated rings. The smallest absolute Gasteiger partial charge is 0.410 e. The molecule has 1 N–H and O–H groups in total. The van der Waals surface area contributed by atoms with Gasteiger partial charge in [-0.05, 0) is 184 Å².